The first-order valence-electron chi connectivity index (χ1n) is 11.4. The van der Waals surface area contributed by atoms with Crippen LogP contribution in [0.2, 0.25) is 0 Å². The minimum absolute atomic E-state index is 0.0979. The van der Waals surface area contributed by atoms with E-state index in [0.29, 0.717) is 52.6 Å². The number of rotatable bonds is 4. The number of fused-ring (bicyclic) bond motifs is 1. The van der Waals surface area contributed by atoms with Crippen molar-refractivity contribution in [1.29, 1.82) is 0 Å². The molecule has 8 nitrogen and oxygen atoms in total. The largest absolute Gasteiger partial charge is 0.494 e. The van der Waals surface area contributed by atoms with Crippen LogP contribution in [0.15, 0.2) is 36.7 Å². The smallest absolute Gasteiger partial charge is 0.414 e. The minimum atomic E-state index is -0.404. The minimum Gasteiger partial charge on any atom is -0.494 e. The summed E-state index contributed by atoms with van der Waals surface area (Å²) < 4.78 is 26.0. The van der Waals surface area contributed by atoms with Gasteiger partial charge in [-0.25, -0.2) is 19.2 Å². The van der Waals surface area contributed by atoms with Gasteiger partial charge in [-0.3, -0.25) is 4.90 Å². The standard InChI is InChI=1S/C25H28FN5O3/c1-16-5-4-6-18(22(16)26)29-23-17-11-20(21(33-3)12-19(17)27-15-28-23)31-13-25(14-34-24(31)32)7-9-30(2)10-8-25/h4-6,11-12,15H,7-10,13-14H2,1-3H3,(H,27,28,29). The topological polar surface area (TPSA) is 79.8 Å². The molecule has 2 aliphatic rings. The number of benzene rings is 2. The van der Waals surface area contributed by atoms with Crippen LogP contribution in [-0.2, 0) is 4.74 Å². The van der Waals surface area contributed by atoms with Crippen molar-refractivity contribution in [3.8, 4) is 5.75 Å². The Bertz CT molecular complexity index is 1240. The molecular weight excluding hydrogens is 437 g/mol. The molecule has 2 saturated heterocycles. The Kier molecular flexibility index (Phi) is 5.73. The number of carbonyl (C=O) groups excluding carboxylic acids is 1. The molecule has 5 rings (SSSR count). The van der Waals surface area contributed by atoms with Crippen LogP contribution in [0.5, 0.6) is 5.75 Å². The molecule has 3 aromatic rings. The van der Waals surface area contributed by atoms with Gasteiger partial charge in [-0.1, -0.05) is 12.1 Å². The highest BCUT2D eigenvalue weighted by Crippen LogP contribution is 2.42. The molecule has 0 aliphatic carbocycles. The van der Waals surface area contributed by atoms with Crippen molar-refractivity contribution in [3.63, 3.8) is 0 Å². The fourth-order valence-corrected chi connectivity index (χ4v) is 4.74. The quantitative estimate of drug-likeness (QED) is 0.608. The second kappa shape index (κ2) is 8.72. The van der Waals surface area contributed by atoms with Gasteiger partial charge in [-0.15, -0.1) is 0 Å². The zero-order valence-electron chi connectivity index (χ0n) is 19.6. The number of methoxy groups -OCH3 is 1. The Labute approximate surface area is 197 Å². The number of hydrogen-bond donors (Lipinski definition) is 1. The summed E-state index contributed by atoms with van der Waals surface area (Å²) in [4.78, 5) is 25.6. The maximum absolute atomic E-state index is 14.7. The number of ether oxygens (including phenoxy) is 2. The summed E-state index contributed by atoms with van der Waals surface area (Å²) in [7, 11) is 3.67. The first-order chi connectivity index (χ1) is 16.4. The van der Waals surface area contributed by atoms with E-state index >= 15 is 0 Å². The third-order valence-electron chi connectivity index (χ3n) is 6.94. The van der Waals surface area contributed by atoms with E-state index in [1.807, 2.05) is 6.07 Å². The van der Waals surface area contributed by atoms with E-state index < -0.39 is 6.09 Å². The molecule has 1 spiro atoms. The zero-order valence-corrected chi connectivity index (χ0v) is 19.6. The van der Waals surface area contributed by atoms with Crippen LogP contribution in [0.25, 0.3) is 10.9 Å². The highest BCUT2D eigenvalue weighted by Gasteiger charge is 2.43. The number of halogens is 1. The monoisotopic (exact) mass is 465 g/mol. The first kappa shape index (κ1) is 22.3. The highest BCUT2D eigenvalue weighted by atomic mass is 19.1. The van der Waals surface area contributed by atoms with E-state index in [4.69, 9.17) is 9.47 Å². The Hall–Kier alpha value is -3.46. The molecule has 3 heterocycles. The fourth-order valence-electron chi connectivity index (χ4n) is 4.74. The molecule has 2 fully saturated rings. The van der Waals surface area contributed by atoms with Gasteiger partial charge in [-0.05, 0) is 57.6 Å². The number of nitrogens with one attached hydrogen (secondary N) is 1. The van der Waals surface area contributed by atoms with Gasteiger partial charge < -0.3 is 19.7 Å². The Morgan fingerprint density at radius 2 is 2.00 bits per heavy atom. The average Bonchev–Trinajstić information content (AvgIpc) is 2.85. The summed E-state index contributed by atoms with van der Waals surface area (Å²) in [6, 6.07) is 8.74. The number of piperidine rings is 1. The van der Waals surface area contributed by atoms with Gasteiger partial charge in [0, 0.05) is 23.4 Å². The lowest BCUT2D eigenvalue weighted by molar-refractivity contribution is 0.0221. The Morgan fingerprint density at radius 3 is 2.76 bits per heavy atom. The maximum Gasteiger partial charge on any atom is 0.414 e. The van der Waals surface area contributed by atoms with Gasteiger partial charge in [-0.2, -0.15) is 0 Å². The summed E-state index contributed by atoms with van der Waals surface area (Å²) >= 11 is 0. The lowest BCUT2D eigenvalue weighted by Gasteiger charge is -2.46. The third-order valence-corrected chi connectivity index (χ3v) is 6.94. The molecule has 2 aromatic carbocycles. The molecule has 0 radical (unpaired) electrons. The van der Waals surface area contributed by atoms with Crippen LogP contribution in [0.1, 0.15) is 18.4 Å². The van der Waals surface area contributed by atoms with Gasteiger partial charge >= 0.3 is 6.09 Å². The molecule has 0 bridgehead atoms. The number of anilines is 3. The van der Waals surface area contributed by atoms with Crippen molar-refractivity contribution in [2.24, 2.45) is 5.41 Å². The second-order valence-corrected chi connectivity index (χ2v) is 9.27. The summed E-state index contributed by atoms with van der Waals surface area (Å²) in [6.45, 7) is 4.61. The predicted molar refractivity (Wildman–Crippen MR) is 128 cm³/mol. The van der Waals surface area contributed by atoms with Gasteiger partial charge in [0.25, 0.3) is 0 Å². The predicted octanol–water partition coefficient (Wildman–Crippen LogP) is 4.50. The van der Waals surface area contributed by atoms with Crippen LogP contribution in [-0.4, -0.2) is 61.4 Å². The van der Waals surface area contributed by atoms with E-state index in [0.717, 1.165) is 25.9 Å². The van der Waals surface area contributed by atoms with E-state index in [9.17, 15) is 9.18 Å². The van der Waals surface area contributed by atoms with E-state index in [1.165, 1.54) is 6.33 Å². The number of cyclic esters (lactones) is 1. The summed E-state index contributed by atoms with van der Waals surface area (Å²) in [5.74, 6) is 0.616. The van der Waals surface area contributed by atoms with Crippen LogP contribution in [0, 0.1) is 18.2 Å². The molecule has 1 amide bonds. The number of aromatic nitrogens is 2. The van der Waals surface area contributed by atoms with Crippen molar-refractivity contribution >= 4 is 34.2 Å². The van der Waals surface area contributed by atoms with Crippen LogP contribution < -0.4 is 15.0 Å². The molecule has 2 aliphatic heterocycles. The molecule has 178 valence electrons. The van der Waals surface area contributed by atoms with Gasteiger partial charge in [0.1, 0.15) is 30.3 Å². The Morgan fingerprint density at radius 1 is 1.21 bits per heavy atom. The van der Waals surface area contributed by atoms with Crippen molar-refractivity contribution in [1.82, 2.24) is 14.9 Å². The summed E-state index contributed by atoms with van der Waals surface area (Å²) in [5.41, 5.74) is 1.95. The summed E-state index contributed by atoms with van der Waals surface area (Å²) in [6.07, 6.45) is 2.91. The van der Waals surface area contributed by atoms with Crippen molar-refractivity contribution < 1.29 is 18.7 Å². The number of likely N-dealkylation sites (tertiary alicyclic amines) is 1. The maximum atomic E-state index is 14.7. The molecule has 1 N–H and O–H groups in total. The third kappa shape index (κ3) is 4.00. The molecule has 0 unspecified atom stereocenters. The van der Waals surface area contributed by atoms with Gasteiger partial charge in [0.2, 0.25) is 0 Å². The average molecular weight is 466 g/mol. The number of hydrogen-bond acceptors (Lipinski definition) is 7. The number of carbonyl (C=O) groups is 1. The molecule has 0 atom stereocenters. The number of amides is 1. The Balaban J connectivity index is 1.56. The molecule has 1 aromatic heterocycles. The lowest BCUT2D eigenvalue weighted by atomic mass is 9.78. The molecule has 0 saturated carbocycles. The second-order valence-electron chi connectivity index (χ2n) is 9.27. The van der Waals surface area contributed by atoms with Crippen molar-refractivity contribution in [3.05, 3.63) is 48.0 Å². The number of nitrogens with zero attached hydrogens (tertiary/aromatic N) is 4. The molecular formula is C25H28FN5O3. The molecule has 34 heavy (non-hydrogen) atoms. The first-order valence-corrected chi connectivity index (χ1v) is 11.4. The molecule has 9 heteroatoms. The van der Waals surface area contributed by atoms with E-state index in [2.05, 4.69) is 27.2 Å². The van der Waals surface area contributed by atoms with E-state index in [1.54, 1.807) is 43.2 Å². The SMILES string of the molecule is COc1cc2ncnc(Nc3cccc(C)c3F)c2cc1N1CC2(CCN(C)CC2)COC1=O. The fraction of sp³-hybridized carbons (Fsp3) is 0.400. The normalized spacial score (nSPS) is 18.2. The van der Waals surface area contributed by atoms with Gasteiger partial charge in [0.15, 0.2) is 0 Å². The summed E-state index contributed by atoms with van der Waals surface area (Å²) in [5, 5.41) is 3.74. The van der Waals surface area contributed by atoms with E-state index in [-0.39, 0.29) is 11.2 Å². The van der Waals surface area contributed by atoms with Crippen LogP contribution in [0.3, 0.4) is 0 Å². The van der Waals surface area contributed by atoms with Crippen molar-refractivity contribution in [2.45, 2.75) is 19.8 Å². The lowest BCUT2D eigenvalue weighted by Crippen LogP contribution is -2.54. The van der Waals surface area contributed by atoms with Crippen LogP contribution >= 0.6 is 0 Å². The zero-order chi connectivity index (χ0) is 23.9. The highest BCUT2D eigenvalue weighted by molar-refractivity contribution is 5.99. The van der Waals surface area contributed by atoms with Crippen molar-refractivity contribution in [2.75, 3.05) is 50.6 Å². The number of aryl methyl sites for hydroxylation is 1. The van der Waals surface area contributed by atoms with Crippen LogP contribution in [0.4, 0.5) is 26.4 Å². The van der Waals surface area contributed by atoms with Gasteiger partial charge in [0.05, 0.1) is 24.0 Å².